The number of hydrogen-bond donors (Lipinski definition) is 0. The summed E-state index contributed by atoms with van der Waals surface area (Å²) in [4.78, 5) is 16.6. The number of carbonyl (C=O) groups excluding carboxylic acids is 1. The van der Waals surface area contributed by atoms with Crippen LogP contribution in [-0.2, 0) is 11.3 Å². The largest absolute Gasteiger partial charge is 0.493 e. The molecule has 0 bridgehead atoms. The van der Waals surface area contributed by atoms with Gasteiger partial charge in [-0.25, -0.2) is 0 Å². The molecule has 1 aliphatic heterocycles. The fraction of sp³-hybridized carbons (Fsp3) is 0.400. The first-order valence-electron chi connectivity index (χ1n) is 8.99. The number of carbonyl (C=O) groups is 1. The molecule has 6 heteroatoms. The van der Waals surface area contributed by atoms with Gasteiger partial charge in [0.2, 0.25) is 5.91 Å². The van der Waals surface area contributed by atoms with E-state index in [0.717, 1.165) is 42.4 Å². The van der Waals surface area contributed by atoms with Crippen molar-refractivity contribution in [3.05, 3.63) is 53.4 Å². The van der Waals surface area contributed by atoms with Crippen molar-refractivity contribution in [3.8, 4) is 5.75 Å². The molecule has 1 amide bonds. The summed E-state index contributed by atoms with van der Waals surface area (Å²) in [7, 11) is 0. The van der Waals surface area contributed by atoms with E-state index in [1.807, 2.05) is 55.2 Å². The molecular weight excluding hydrogens is 330 g/mol. The van der Waals surface area contributed by atoms with Gasteiger partial charge in [0.25, 0.3) is 0 Å². The number of nitrogens with zero attached hydrogens (tertiary/aromatic N) is 3. The van der Waals surface area contributed by atoms with Crippen LogP contribution in [0.25, 0.3) is 6.08 Å². The molecule has 6 nitrogen and oxygen atoms in total. The van der Waals surface area contributed by atoms with Gasteiger partial charge in [0, 0.05) is 43.9 Å². The van der Waals surface area contributed by atoms with Gasteiger partial charge in [-0.15, -0.1) is 0 Å². The smallest absolute Gasteiger partial charge is 0.246 e. The van der Waals surface area contributed by atoms with Crippen molar-refractivity contribution in [2.75, 3.05) is 32.8 Å². The molecule has 0 N–H and O–H groups in total. The van der Waals surface area contributed by atoms with Crippen LogP contribution in [0.1, 0.15) is 23.9 Å². The molecule has 0 unspecified atom stereocenters. The SMILES string of the molecule is CCOc1ccccc1/C=C/C(=O)N1CCN(Cc2cc(C)no2)CC1. The summed E-state index contributed by atoms with van der Waals surface area (Å²) in [6, 6.07) is 9.69. The number of ether oxygens (including phenoxy) is 1. The van der Waals surface area contributed by atoms with Crippen molar-refractivity contribution < 1.29 is 14.1 Å². The van der Waals surface area contributed by atoms with Gasteiger partial charge < -0.3 is 14.2 Å². The van der Waals surface area contributed by atoms with Crippen LogP contribution in [0, 0.1) is 6.92 Å². The fourth-order valence-corrected chi connectivity index (χ4v) is 3.01. The van der Waals surface area contributed by atoms with Crippen LogP contribution in [0.5, 0.6) is 5.75 Å². The molecule has 0 radical (unpaired) electrons. The van der Waals surface area contributed by atoms with Crippen molar-refractivity contribution in [2.45, 2.75) is 20.4 Å². The van der Waals surface area contributed by atoms with E-state index in [4.69, 9.17) is 9.26 Å². The summed E-state index contributed by atoms with van der Waals surface area (Å²) in [6.07, 6.45) is 3.46. The number of aromatic nitrogens is 1. The van der Waals surface area contributed by atoms with Gasteiger partial charge in [-0.3, -0.25) is 9.69 Å². The Kier molecular flexibility index (Phi) is 6.07. The number of hydrogen-bond acceptors (Lipinski definition) is 5. The molecule has 1 aromatic carbocycles. The van der Waals surface area contributed by atoms with Gasteiger partial charge >= 0.3 is 0 Å². The van der Waals surface area contributed by atoms with Crippen LogP contribution in [-0.4, -0.2) is 53.6 Å². The lowest BCUT2D eigenvalue weighted by Gasteiger charge is -2.33. The van der Waals surface area contributed by atoms with Crippen LogP contribution in [0.2, 0.25) is 0 Å². The number of benzene rings is 1. The Labute approximate surface area is 154 Å². The van der Waals surface area contributed by atoms with Gasteiger partial charge in [-0.2, -0.15) is 0 Å². The molecule has 0 spiro atoms. The first-order valence-corrected chi connectivity index (χ1v) is 8.99. The summed E-state index contributed by atoms with van der Waals surface area (Å²) in [5.41, 5.74) is 1.81. The molecule has 2 aromatic rings. The molecule has 138 valence electrons. The van der Waals surface area contributed by atoms with Crippen molar-refractivity contribution in [2.24, 2.45) is 0 Å². The Morgan fingerprint density at radius 1 is 1.27 bits per heavy atom. The second-order valence-electron chi connectivity index (χ2n) is 6.34. The lowest BCUT2D eigenvalue weighted by molar-refractivity contribution is -0.127. The standard InChI is InChI=1S/C20H25N3O3/c1-3-25-19-7-5-4-6-17(19)8-9-20(24)23-12-10-22(11-13-23)15-18-14-16(2)21-26-18/h4-9,14H,3,10-13,15H2,1-2H3/b9-8+. The highest BCUT2D eigenvalue weighted by Gasteiger charge is 2.20. The van der Waals surface area contributed by atoms with Gasteiger partial charge in [-0.05, 0) is 26.0 Å². The quantitative estimate of drug-likeness (QED) is 0.746. The maximum atomic E-state index is 12.5. The Morgan fingerprint density at radius 2 is 2.04 bits per heavy atom. The number of aryl methyl sites for hydroxylation is 1. The third-order valence-corrected chi connectivity index (χ3v) is 4.36. The highest BCUT2D eigenvalue weighted by atomic mass is 16.5. The predicted octanol–water partition coefficient (Wildman–Crippen LogP) is 2.74. The van der Waals surface area contributed by atoms with Crippen LogP contribution in [0.4, 0.5) is 0 Å². The fourth-order valence-electron chi connectivity index (χ4n) is 3.01. The second-order valence-corrected chi connectivity index (χ2v) is 6.34. The number of rotatable bonds is 6. The van der Waals surface area contributed by atoms with Gasteiger partial charge in [0.05, 0.1) is 18.8 Å². The van der Waals surface area contributed by atoms with E-state index >= 15 is 0 Å². The molecule has 1 aromatic heterocycles. The summed E-state index contributed by atoms with van der Waals surface area (Å²) in [5.74, 6) is 1.70. The van der Waals surface area contributed by atoms with Crippen LogP contribution in [0.3, 0.4) is 0 Å². The minimum absolute atomic E-state index is 0.0338. The summed E-state index contributed by atoms with van der Waals surface area (Å²) in [5, 5.41) is 3.91. The van der Waals surface area contributed by atoms with E-state index in [1.165, 1.54) is 0 Å². The Balaban J connectivity index is 1.52. The summed E-state index contributed by atoms with van der Waals surface area (Å²) >= 11 is 0. The Morgan fingerprint density at radius 3 is 2.73 bits per heavy atom. The van der Waals surface area contributed by atoms with Crippen molar-refractivity contribution in [1.82, 2.24) is 15.0 Å². The maximum absolute atomic E-state index is 12.5. The number of amides is 1. The zero-order chi connectivity index (χ0) is 18.4. The molecule has 0 atom stereocenters. The molecule has 3 rings (SSSR count). The highest BCUT2D eigenvalue weighted by molar-refractivity contribution is 5.92. The lowest BCUT2D eigenvalue weighted by Crippen LogP contribution is -2.47. The number of piperazine rings is 1. The average molecular weight is 355 g/mol. The molecule has 26 heavy (non-hydrogen) atoms. The lowest BCUT2D eigenvalue weighted by atomic mass is 10.2. The van der Waals surface area contributed by atoms with Crippen molar-refractivity contribution in [3.63, 3.8) is 0 Å². The molecule has 0 aliphatic carbocycles. The third kappa shape index (κ3) is 4.73. The second kappa shape index (κ2) is 8.67. The van der Waals surface area contributed by atoms with Crippen molar-refractivity contribution in [1.29, 1.82) is 0 Å². The van der Waals surface area contributed by atoms with Gasteiger partial charge in [0.15, 0.2) is 5.76 Å². The topological polar surface area (TPSA) is 58.8 Å². The van der Waals surface area contributed by atoms with E-state index in [-0.39, 0.29) is 5.91 Å². The highest BCUT2D eigenvalue weighted by Crippen LogP contribution is 2.19. The normalized spacial score (nSPS) is 15.5. The van der Waals surface area contributed by atoms with E-state index < -0.39 is 0 Å². The first-order chi connectivity index (χ1) is 12.7. The monoisotopic (exact) mass is 355 g/mol. The zero-order valence-corrected chi connectivity index (χ0v) is 15.4. The molecule has 1 fully saturated rings. The van der Waals surface area contributed by atoms with E-state index in [1.54, 1.807) is 6.08 Å². The average Bonchev–Trinajstić information content (AvgIpc) is 3.06. The Hall–Kier alpha value is -2.60. The van der Waals surface area contributed by atoms with Gasteiger partial charge in [-0.1, -0.05) is 23.4 Å². The Bertz CT molecular complexity index is 761. The summed E-state index contributed by atoms with van der Waals surface area (Å²) < 4.78 is 10.9. The zero-order valence-electron chi connectivity index (χ0n) is 15.4. The first kappa shape index (κ1) is 18.2. The molecule has 1 aliphatic rings. The van der Waals surface area contributed by atoms with Crippen LogP contribution >= 0.6 is 0 Å². The van der Waals surface area contributed by atoms with E-state index in [9.17, 15) is 4.79 Å². The van der Waals surface area contributed by atoms with Crippen LogP contribution < -0.4 is 4.74 Å². The maximum Gasteiger partial charge on any atom is 0.246 e. The summed E-state index contributed by atoms with van der Waals surface area (Å²) in [6.45, 7) is 8.29. The van der Waals surface area contributed by atoms with E-state index in [2.05, 4.69) is 10.1 Å². The van der Waals surface area contributed by atoms with E-state index in [0.29, 0.717) is 19.7 Å². The van der Waals surface area contributed by atoms with Crippen molar-refractivity contribution >= 4 is 12.0 Å². The van der Waals surface area contributed by atoms with Crippen LogP contribution in [0.15, 0.2) is 40.9 Å². The molecule has 0 saturated carbocycles. The van der Waals surface area contributed by atoms with Gasteiger partial charge in [0.1, 0.15) is 5.75 Å². The minimum Gasteiger partial charge on any atom is -0.493 e. The molecule has 1 saturated heterocycles. The molecule has 2 heterocycles. The minimum atomic E-state index is 0.0338. The third-order valence-electron chi connectivity index (χ3n) is 4.36. The molecular formula is C20H25N3O3. The predicted molar refractivity (Wildman–Crippen MR) is 99.7 cm³/mol. The number of para-hydroxylation sites is 1.